The molecule has 1 aliphatic heterocycles. The summed E-state index contributed by atoms with van der Waals surface area (Å²) in [6.45, 7) is 10.7. The standard InChI is InChI=1S/C15H29N3O2/c1-10(16)12-7-6-8-18(9-12)13(19)11(2)17-14(20)15(3,4)5/h10-12H,6-9,16H2,1-5H3,(H,17,20). The zero-order valence-corrected chi connectivity index (χ0v) is 13.4. The van der Waals surface area contributed by atoms with E-state index in [-0.39, 0.29) is 17.9 Å². The summed E-state index contributed by atoms with van der Waals surface area (Å²) in [5.41, 5.74) is 5.45. The van der Waals surface area contributed by atoms with Crippen molar-refractivity contribution in [3.8, 4) is 0 Å². The summed E-state index contributed by atoms with van der Waals surface area (Å²) in [7, 11) is 0. The van der Waals surface area contributed by atoms with E-state index in [2.05, 4.69) is 5.32 Å². The van der Waals surface area contributed by atoms with E-state index < -0.39 is 11.5 Å². The lowest BCUT2D eigenvalue weighted by Gasteiger charge is -2.36. The molecule has 1 heterocycles. The third kappa shape index (κ3) is 4.47. The zero-order valence-electron chi connectivity index (χ0n) is 13.4. The van der Waals surface area contributed by atoms with Gasteiger partial charge in [0.25, 0.3) is 0 Å². The predicted octanol–water partition coefficient (Wildman–Crippen LogP) is 1.12. The van der Waals surface area contributed by atoms with E-state index in [4.69, 9.17) is 5.73 Å². The van der Waals surface area contributed by atoms with Gasteiger partial charge in [0.05, 0.1) is 0 Å². The Hall–Kier alpha value is -1.10. The Morgan fingerprint density at radius 1 is 1.30 bits per heavy atom. The van der Waals surface area contributed by atoms with Crippen LogP contribution in [0.1, 0.15) is 47.5 Å². The molecule has 1 aliphatic rings. The van der Waals surface area contributed by atoms with Gasteiger partial charge >= 0.3 is 0 Å². The van der Waals surface area contributed by atoms with Crippen molar-refractivity contribution in [3.05, 3.63) is 0 Å². The molecular formula is C15H29N3O2. The first-order valence-electron chi connectivity index (χ1n) is 7.48. The molecule has 0 aromatic rings. The summed E-state index contributed by atoms with van der Waals surface area (Å²) in [6, 6.07) is -0.376. The Morgan fingerprint density at radius 3 is 2.40 bits per heavy atom. The highest BCUT2D eigenvalue weighted by Gasteiger charge is 2.30. The first kappa shape index (κ1) is 17.0. The van der Waals surface area contributed by atoms with E-state index in [1.165, 1.54) is 0 Å². The number of hydrogen-bond donors (Lipinski definition) is 2. The molecule has 0 radical (unpaired) electrons. The van der Waals surface area contributed by atoms with Crippen LogP contribution in [0.25, 0.3) is 0 Å². The maximum Gasteiger partial charge on any atom is 0.244 e. The minimum atomic E-state index is -0.481. The molecule has 20 heavy (non-hydrogen) atoms. The fourth-order valence-electron chi connectivity index (χ4n) is 2.39. The topological polar surface area (TPSA) is 75.4 Å². The van der Waals surface area contributed by atoms with Crippen LogP contribution in [0, 0.1) is 11.3 Å². The Balaban J connectivity index is 2.58. The molecule has 2 amide bonds. The van der Waals surface area contributed by atoms with Crippen LogP contribution in [0.2, 0.25) is 0 Å². The Bertz CT molecular complexity index is 361. The number of nitrogens with two attached hydrogens (primary N) is 1. The van der Waals surface area contributed by atoms with E-state index in [1.807, 2.05) is 32.6 Å². The zero-order chi connectivity index (χ0) is 15.5. The average Bonchev–Trinajstić information content (AvgIpc) is 2.36. The summed E-state index contributed by atoms with van der Waals surface area (Å²) in [5.74, 6) is 0.255. The monoisotopic (exact) mass is 283 g/mol. The third-order valence-corrected chi connectivity index (χ3v) is 3.91. The lowest BCUT2D eigenvalue weighted by molar-refractivity contribution is -0.139. The molecule has 0 aromatic heterocycles. The lowest BCUT2D eigenvalue weighted by atomic mass is 9.91. The smallest absolute Gasteiger partial charge is 0.244 e. The second-order valence-electron chi connectivity index (χ2n) is 6.99. The largest absolute Gasteiger partial charge is 0.344 e. The molecule has 3 N–H and O–H groups in total. The lowest BCUT2D eigenvalue weighted by Crippen LogP contribution is -2.53. The fraction of sp³-hybridized carbons (Fsp3) is 0.867. The minimum Gasteiger partial charge on any atom is -0.344 e. The number of carbonyl (C=O) groups excluding carboxylic acids is 2. The molecule has 0 aliphatic carbocycles. The van der Waals surface area contributed by atoms with Gasteiger partial charge in [-0.1, -0.05) is 20.8 Å². The normalized spacial score (nSPS) is 23.1. The maximum atomic E-state index is 12.4. The highest BCUT2D eigenvalue weighted by molar-refractivity contribution is 5.89. The number of piperidine rings is 1. The van der Waals surface area contributed by atoms with Crippen molar-refractivity contribution in [1.82, 2.24) is 10.2 Å². The van der Waals surface area contributed by atoms with E-state index in [1.54, 1.807) is 6.92 Å². The number of hydrogen-bond acceptors (Lipinski definition) is 3. The van der Waals surface area contributed by atoms with Crippen LogP contribution in [0.15, 0.2) is 0 Å². The Labute approximate surface area is 122 Å². The number of amides is 2. The van der Waals surface area contributed by atoms with E-state index in [0.717, 1.165) is 19.4 Å². The first-order valence-corrected chi connectivity index (χ1v) is 7.48. The van der Waals surface area contributed by atoms with Crippen molar-refractivity contribution in [3.63, 3.8) is 0 Å². The third-order valence-electron chi connectivity index (χ3n) is 3.91. The van der Waals surface area contributed by atoms with Crippen LogP contribution in [-0.2, 0) is 9.59 Å². The molecule has 3 atom stereocenters. The van der Waals surface area contributed by atoms with Gasteiger partial charge in [0, 0.05) is 24.5 Å². The van der Waals surface area contributed by atoms with Gasteiger partial charge in [0.15, 0.2) is 0 Å². The van der Waals surface area contributed by atoms with Crippen LogP contribution < -0.4 is 11.1 Å². The van der Waals surface area contributed by atoms with Crippen LogP contribution in [0.4, 0.5) is 0 Å². The second kappa shape index (κ2) is 6.57. The van der Waals surface area contributed by atoms with E-state index in [9.17, 15) is 9.59 Å². The number of nitrogens with zero attached hydrogens (tertiary/aromatic N) is 1. The summed E-state index contributed by atoms with van der Waals surface area (Å²) in [4.78, 5) is 26.2. The van der Waals surface area contributed by atoms with Crippen molar-refractivity contribution >= 4 is 11.8 Å². The van der Waals surface area contributed by atoms with Crippen LogP contribution >= 0.6 is 0 Å². The number of nitrogens with one attached hydrogen (secondary N) is 1. The molecule has 0 saturated carbocycles. The predicted molar refractivity (Wildman–Crippen MR) is 80.0 cm³/mol. The average molecular weight is 283 g/mol. The molecule has 1 fully saturated rings. The quantitative estimate of drug-likeness (QED) is 0.815. The van der Waals surface area contributed by atoms with Gasteiger partial charge in [-0.25, -0.2) is 0 Å². The number of rotatable bonds is 3. The van der Waals surface area contributed by atoms with Gasteiger partial charge in [-0.3, -0.25) is 9.59 Å². The van der Waals surface area contributed by atoms with Gasteiger partial charge in [-0.2, -0.15) is 0 Å². The molecule has 5 nitrogen and oxygen atoms in total. The molecule has 116 valence electrons. The molecule has 0 spiro atoms. The SMILES string of the molecule is CC(NC(=O)C(C)(C)C)C(=O)N1CCCC(C(C)N)C1. The fourth-order valence-corrected chi connectivity index (χ4v) is 2.39. The van der Waals surface area contributed by atoms with Crippen molar-refractivity contribution in [2.75, 3.05) is 13.1 Å². The summed E-state index contributed by atoms with van der Waals surface area (Å²) in [6.07, 6.45) is 2.06. The molecule has 1 rings (SSSR count). The number of likely N-dealkylation sites (tertiary alicyclic amines) is 1. The van der Waals surface area contributed by atoms with Crippen LogP contribution in [-0.4, -0.2) is 41.9 Å². The highest BCUT2D eigenvalue weighted by atomic mass is 16.2. The molecule has 3 unspecified atom stereocenters. The van der Waals surface area contributed by atoms with Crippen molar-refractivity contribution in [2.24, 2.45) is 17.1 Å². The van der Waals surface area contributed by atoms with Crippen molar-refractivity contribution < 1.29 is 9.59 Å². The van der Waals surface area contributed by atoms with E-state index in [0.29, 0.717) is 12.5 Å². The molecule has 0 bridgehead atoms. The summed E-state index contributed by atoms with van der Waals surface area (Å²) < 4.78 is 0. The van der Waals surface area contributed by atoms with Crippen molar-refractivity contribution in [2.45, 2.75) is 59.5 Å². The van der Waals surface area contributed by atoms with Crippen LogP contribution in [0.5, 0.6) is 0 Å². The highest BCUT2D eigenvalue weighted by Crippen LogP contribution is 2.20. The maximum absolute atomic E-state index is 12.4. The van der Waals surface area contributed by atoms with Crippen molar-refractivity contribution in [1.29, 1.82) is 0 Å². The minimum absolute atomic E-state index is 0.00653. The van der Waals surface area contributed by atoms with Gasteiger partial charge in [-0.05, 0) is 32.6 Å². The molecular weight excluding hydrogens is 254 g/mol. The van der Waals surface area contributed by atoms with Gasteiger partial charge < -0.3 is 16.0 Å². The van der Waals surface area contributed by atoms with Crippen LogP contribution in [0.3, 0.4) is 0 Å². The first-order chi connectivity index (χ1) is 9.12. The molecule has 5 heteroatoms. The van der Waals surface area contributed by atoms with E-state index >= 15 is 0 Å². The van der Waals surface area contributed by atoms with Gasteiger partial charge in [-0.15, -0.1) is 0 Å². The summed E-state index contributed by atoms with van der Waals surface area (Å²) in [5, 5.41) is 2.80. The Kier molecular flexibility index (Phi) is 5.57. The number of carbonyl (C=O) groups is 2. The van der Waals surface area contributed by atoms with Gasteiger partial charge in [0.2, 0.25) is 11.8 Å². The second-order valence-corrected chi connectivity index (χ2v) is 6.99. The van der Waals surface area contributed by atoms with Gasteiger partial charge in [0.1, 0.15) is 6.04 Å². The summed E-state index contributed by atoms with van der Waals surface area (Å²) >= 11 is 0. The Morgan fingerprint density at radius 2 is 1.90 bits per heavy atom. The molecule has 1 saturated heterocycles. The molecule has 0 aromatic carbocycles.